The fourth-order valence-corrected chi connectivity index (χ4v) is 6.92. The molecule has 5 rings (SSSR count). The van der Waals surface area contributed by atoms with Crippen molar-refractivity contribution in [3.63, 3.8) is 0 Å². The summed E-state index contributed by atoms with van der Waals surface area (Å²) in [4.78, 5) is 16.0. The molecule has 0 amide bonds. The van der Waals surface area contributed by atoms with E-state index in [2.05, 4.69) is 37.9 Å². The molecule has 0 aromatic carbocycles. The molecular weight excluding hydrogens is 349 g/mol. The molecule has 4 aliphatic rings. The Hall–Kier alpha value is -2.03. The highest BCUT2D eigenvalue weighted by atomic mass is 19.1. The fraction of sp³-hybridized carbons (Fsp3) is 0.520. The number of nitrogens with zero attached hydrogens (tertiary/aromatic N) is 1. The lowest BCUT2D eigenvalue weighted by Gasteiger charge is -2.57. The van der Waals surface area contributed by atoms with Crippen LogP contribution in [0.25, 0.3) is 5.57 Å². The Balaban J connectivity index is 1.51. The summed E-state index contributed by atoms with van der Waals surface area (Å²) in [5.41, 5.74) is 5.44. The minimum Gasteiger partial charge on any atom is -0.295 e. The summed E-state index contributed by atoms with van der Waals surface area (Å²) < 4.78 is 13.3. The SMILES string of the molecule is CC1C[C@H]2C3=CC=C(c4ccc(F)nc4)[C@@]3(C)CC[C@@H]2[C@@]2(C)CCC(=O)C=C12. The van der Waals surface area contributed by atoms with Gasteiger partial charge in [0.1, 0.15) is 0 Å². The van der Waals surface area contributed by atoms with Crippen molar-refractivity contribution in [2.24, 2.45) is 28.6 Å². The Morgan fingerprint density at radius 1 is 1.14 bits per heavy atom. The van der Waals surface area contributed by atoms with Crippen molar-refractivity contribution in [1.29, 1.82) is 0 Å². The summed E-state index contributed by atoms with van der Waals surface area (Å²) in [5.74, 6) is 1.51. The summed E-state index contributed by atoms with van der Waals surface area (Å²) in [6.07, 6.45) is 13.3. The van der Waals surface area contributed by atoms with Crippen molar-refractivity contribution in [3.8, 4) is 0 Å². The number of rotatable bonds is 1. The van der Waals surface area contributed by atoms with Gasteiger partial charge in [0.2, 0.25) is 5.95 Å². The van der Waals surface area contributed by atoms with E-state index < -0.39 is 5.95 Å². The van der Waals surface area contributed by atoms with Crippen LogP contribution in [0.1, 0.15) is 58.4 Å². The van der Waals surface area contributed by atoms with E-state index in [1.165, 1.54) is 23.6 Å². The number of fused-ring (bicyclic) bond motifs is 5. The maximum atomic E-state index is 13.3. The third-order valence-corrected chi connectivity index (χ3v) is 8.36. The Labute approximate surface area is 166 Å². The number of hydrogen-bond acceptors (Lipinski definition) is 2. The molecule has 2 nitrogen and oxygen atoms in total. The van der Waals surface area contributed by atoms with E-state index in [0.29, 0.717) is 30.0 Å². The summed E-state index contributed by atoms with van der Waals surface area (Å²) in [6.45, 7) is 7.08. The largest absolute Gasteiger partial charge is 0.295 e. The minimum absolute atomic E-state index is 0.0163. The van der Waals surface area contributed by atoms with Crippen molar-refractivity contribution < 1.29 is 9.18 Å². The predicted octanol–water partition coefficient (Wildman–Crippen LogP) is 5.91. The number of halogens is 1. The Morgan fingerprint density at radius 2 is 1.96 bits per heavy atom. The van der Waals surface area contributed by atoms with Crippen LogP contribution in [-0.2, 0) is 4.79 Å². The van der Waals surface area contributed by atoms with E-state index in [-0.39, 0.29) is 10.8 Å². The second kappa shape index (κ2) is 5.98. The van der Waals surface area contributed by atoms with Crippen LogP contribution in [0, 0.1) is 34.5 Å². The van der Waals surface area contributed by atoms with Gasteiger partial charge in [-0.2, -0.15) is 4.39 Å². The molecule has 4 aliphatic carbocycles. The lowest BCUT2D eigenvalue weighted by atomic mass is 9.46. The molecular formula is C25H28FNO. The molecule has 5 atom stereocenters. The van der Waals surface area contributed by atoms with Gasteiger partial charge >= 0.3 is 0 Å². The van der Waals surface area contributed by atoms with E-state index in [9.17, 15) is 9.18 Å². The highest BCUT2D eigenvalue weighted by Gasteiger charge is 2.56. The van der Waals surface area contributed by atoms with Crippen LogP contribution in [-0.4, -0.2) is 10.8 Å². The van der Waals surface area contributed by atoms with Crippen LogP contribution in [0.15, 0.2) is 47.7 Å². The zero-order valence-electron chi connectivity index (χ0n) is 17.0. The second-order valence-corrected chi connectivity index (χ2v) is 9.78. The fourth-order valence-electron chi connectivity index (χ4n) is 6.92. The van der Waals surface area contributed by atoms with Gasteiger partial charge in [0.25, 0.3) is 0 Å². The Kier molecular flexibility index (Phi) is 3.85. The maximum absolute atomic E-state index is 13.3. The molecule has 146 valence electrons. The number of ketones is 1. The molecule has 28 heavy (non-hydrogen) atoms. The van der Waals surface area contributed by atoms with Gasteiger partial charge in [-0.15, -0.1) is 0 Å². The minimum atomic E-state index is -0.426. The molecule has 1 aromatic rings. The summed E-state index contributed by atoms with van der Waals surface area (Å²) in [7, 11) is 0. The molecule has 0 aliphatic heterocycles. The third-order valence-electron chi connectivity index (χ3n) is 8.36. The molecule has 0 radical (unpaired) electrons. The summed E-state index contributed by atoms with van der Waals surface area (Å²) in [6, 6.07) is 3.32. The molecule has 0 N–H and O–H groups in total. The van der Waals surface area contributed by atoms with Crippen molar-refractivity contribution in [3.05, 3.63) is 59.2 Å². The number of carbonyl (C=O) groups is 1. The number of hydrogen-bond donors (Lipinski definition) is 0. The monoisotopic (exact) mass is 377 g/mol. The van der Waals surface area contributed by atoms with Crippen molar-refractivity contribution in [1.82, 2.24) is 4.98 Å². The molecule has 3 heteroatoms. The normalized spacial score (nSPS) is 39.4. The van der Waals surface area contributed by atoms with Crippen LogP contribution in [0.4, 0.5) is 4.39 Å². The van der Waals surface area contributed by atoms with Gasteiger partial charge in [0.15, 0.2) is 5.78 Å². The van der Waals surface area contributed by atoms with Crippen LogP contribution in [0.2, 0.25) is 0 Å². The lowest BCUT2D eigenvalue weighted by Crippen LogP contribution is -2.49. The maximum Gasteiger partial charge on any atom is 0.212 e. The second-order valence-electron chi connectivity index (χ2n) is 9.78. The van der Waals surface area contributed by atoms with Gasteiger partial charge in [0.05, 0.1) is 0 Å². The van der Waals surface area contributed by atoms with E-state index >= 15 is 0 Å². The molecule has 1 heterocycles. The standard InChI is InChI=1S/C25H28FNO/c1-15-12-18-20-6-5-19(16-4-7-23(26)27-14-16)24(20,2)11-9-21(18)25(3)10-8-17(28)13-22(15)25/h4-7,13-15,18,21H,8-12H2,1-3H3/t15?,18-,21-,24+,25+/m0/s1. The number of allylic oxidation sites excluding steroid dienone is 6. The topological polar surface area (TPSA) is 30.0 Å². The first kappa shape index (κ1) is 18.0. The van der Waals surface area contributed by atoms with Crippen LogP contribution < -0.4 is 0 Å². The average Bonchev–Trinajstić information content (AvgIpc) is 3.01. The first-order valence-corrected chi connectivity index (χ1v) is 10.6. The number of carbonyl (C=O) groups excluding carboxylic acids is 1. The van der Waals surface area contributed by atoms with E-state index in [1.54, 1.807) is 11.8 Å². The zero-order valence-corrected chi connectivity index (χ0v) is 17.0. The molecule has 1 aromatic heterocycles. The Morgan fingerprint density at radius 3 is 2.71 bits per heavy atom. The first-order chi connectivity index (χ1) is 13.3. The smallest absolute Gasteiger partial charge is 0.212 e. The highest BCUT2D eigenvalue weighted by molar-refractivity contribution is 5.91. The van der Waals surface area contributed by atoms with Gasteiger partial charge in [-0.05, 0) is 78.2 Å². The predicted molar refractivity (Wildman–Crippen MR) is 109 cm³/mol. The van der Waals surface area contributed by atoms with Gasteiger partial charge in [-0.3, -0.25) is 4.79 Å². The van der Waals surface area contributed by atoms with E-state index in [0.717, 1.165) is 24.8 Å². The molecule has 0 bridgehead atoms. The molecule has 1 unspecified atom stereocenters. The van der Waals surface area contributed by atoms with Gasteiger partial charge in [-0.25, -0.2) is 4.98 Å². The average molecular weight is 378 g/mol. The van der Waals surface area contributed by atoms with Crippen molar-refractivity contribution in [2.75, 3.05) is 0 Å². The number of aromatic nitrogens is 1. The zero-order chi connectivity index (χ0) is 19.7. The quantitative estimate of drug-likeness (QED) is 0.569. The van der Waals surface area contributed by atoms with Crippen LogP contribution >= 0.6 is 0 Å². The van der Waals surface area contributed by atoms with E-state index in [1.807, 2.05) is 12.1 Å². The van der Waals surface area contributed by atoms with Gasteiger partial charge < -0.3 is 0 Å². The summed E-state index contributed by atoms with van der Waals surface area (Å²) in [5, 5.41) is 0. The van der Waals surface area contributed by atoms with Crippen LogP contribution in [0.5, 0.6) is 0 Å². The first-order valence-electron chi connectivity index (χ1n) is 10.6. The third kappa shape index (κ3) is 2.38. The van der Waals surface area contributed by atoms with Gasteiger partial charge in [-0.1, -0.05) is 44.1 Å². The molecule has 2 saturated carbocycles. The van der Waals surface area contributed by atoms with E-state index in [4.69, 9.17) is 0 Å². The van der Waals surface area contributed by atoms with Crippen LogP contribution in [0.3, 0.4) is 0 Å². The van der Waals surface area contributed by atoms with Gasteiger partial charge in [0, 0.05) is 18.0 Å². The highest BCUT2D eigenvalue weighted by Crippen LogP contribution is 2.66. The lowest BCUT2D eigenvalue weighted by molar-refractivity contribution is -0.116. The van der Waals surface area contributed by atoms with Crippen molar-refractivity contribution in [2.45, 2.75) is 52.9 Å². The number of pyridine rings is 1. The van der Waals surface area contributed by atoms with Crippen molar-refractivity contribution >= 4 is 11.4 Å². The Bertz CT molecular complexity index is 940. The molecule has 0 saturated heterocycles. The molecule has 0 spiro atoms. The summed E-state index contributed by atoms with van der Waals surface area (Å²) >= 11 is 0. The molecule has 2 fully saturated rings.